The molecular formula is C12H11BrN2O2. The van der Waals surface area contributed by atoms with E-state index in [1.165, 1.54) is 12.8 Å². The number of hydrogen-bond donors (Lipinski definition) is 1. The monoisotopic (exact) mass is 294 g/mol. The summed E-state index contributed by atoms with van der Waals surface area (Å²) in [4.78, 5) is 11.9. The van der Waals surface area contributed by atoms with Crippen molar-refractivity contribution in [2.24, 2.45) is 5.92 Å². The fourth-order valence-electron chi connectivity index (χ4n) is 1.72. The summed E-state index contributed by atoms with van der Waals surface area (Å²) in [5.41, 5.74) is 0.691. The third-order valence-electron chi connectivity index (χ3n) is 2.89. The maximum Gasteiger partial charge on any atom is 0.290 e. The Hall–Kier alpha value is -1.36. The number of nitrogens with one attached hydrogen (secondary N) is 1. The lowest BCUT2D eigenvalue weighted by atomic mass is 10.2. The average Bonchev–Trinajstić information content (AvgIpc) is 3.05. The van der Waals surface area contributed by atoms with E-state index in [9.17, 15) is 4.79 Å². The molecule has 1 aliphatic rings. The first kappa shape index (κ1) is 10.8. The topological polar surface area (TPSA) is 55.1 Å². The molecular weight excluding hydrogens is 284 g/mol. The number of fused-ring (bicyclic) bond motifs is 1. The van der Waals surface area contributed by atoms with Gasteiger partial charge in [0, 0.05) is 11.0 Å². The normalized spacial score (nSPS) is 15.1. The number of rotatable bonds is 3. The Morgan fingerprint density at radius 1 is 1.53 bits per heavy atom. The fourth-order valence-corrected chi connectivity index (χ4v) is 2.07. The van der Waals surface area contributed by atoms with Crippen LogP contribution in [-0.4, -0.2) is 17.6 Å². The van der Waals surface area contributed by atoms with E-state index in [4.69, 9.17) is 4.52 Å². The van der Waals surface area contributed by atoms with Gasteiger partial charge in [0.25, 0.3) is 5.91 Å². The Kier molecular flexibility index (Phi) is 2.63. The standard InChI is InChI=1S/C12H11BrN2O2/c13-8-3-4-9-10(5-8)15-17-11(9)12(16)14-6-7-1-2-7/h3-5,7H,1-2,6H2,(H,14,16). The zero-order valence-electron chi connectivity index (χ0n) is 9.07. The van der Waals surface area contributed by atoms with Gasteiger partial charge in [0.2, 0.25) is 5.76 Å². The number of halogens is 1. The first-order valence-corrected chi connectivity index (χ1v) is 6.36. The van der Waals surface area contributed by atoms with Crippen molar-refractivity contribution in [2.75, 3.05) is 6.54 Å². The van der Waals surface area contributed by atoms with Crippen molar-refractivity contribution in [1.29, 1.82) is 0 Å². The molecule has 4 nitrogen and oxygen atoms in total. The number of hydrogen-bond acceptors (Lipinski definition) is 3. The van der Waals surface area contributed by atoms with Gasteiger partial charge in [0.15, 0.2) is 0 Å². The van der Waals surface area contributed by atoms with E-state index in [1.807, 2.05) is 18.2 Å². The van der Waals surface area contributed by atoms with Crippen LogP contribution >= 0.6 is 15.9 Å². The highest BCUT2D eigenvalue weighted by Crippen LogP contribution is 2.28. The second-order valence-corrected chi connectivity index (χ2v) is 5.24. The van der Waals surface area contributed by atoms with Crippen molar-refractivity contribution in [3.05, 3.63) is 28.4 Å². The number of amides is 1. The molecule has 1 amide bonds. The summed E-state index contributed by atoms with van der Waals surface area (Å²) in [7, 11) is 0. The lowest BCUT2D eigenvalue weighted by molar-refractivity contribution is 0.0917. The van der Waals surface area contributed by atoms with Crippen molar-refractivity contribution in [1.82, 2.24) is 10.5 Å². The summed E-state index contributed by atoms with van der Waals surface area (Å²) in [5, 5.41) is 7.50. The van der Waals surface area contributed by atoms with Gasteiger partial charge in [-0.05, 0) is 37.0 Å². The second kappa shape index (κ2) is 4.14. The van der Waals surface area contributed by atoms with Crippen molar-refractivity contribution >= 4 is 32.7 Å². The summed E-state index contributed by atoms with van der Waals surface area (Å²) < 4.78 is 6.02. The Morgan fingerprint density at radius 2 is 2.35 bits per heavy atom. The molecule has 0 saturated heterocycles. The van der Waals surface area contributed by atoms with E-state index in [0.29, 0.717) is 17.2 Å². The maximum atomic E-state index is 11.9. The molecule has 0 bridgehead atoms. The third-order valence-corrected chi connectivity index (χ3v) is 3.39. The Balaban J connectivity index is 1.85. The molecule has 1 aliphatic carbocycles. The average molecular weight is 295 g/mol. The summed E-state index contributed by atoms with van der Waals surface area (Å²) in [6, 6.07) is 5.54. The van der Waals surface area contributed by atoms with Crippen molar-refractivity contribution in [3.63, 3.8) is 0 Å². The van der Waals surface area contributed by atoms with E-state index < -0.39 is 0 Å². The van der Waals surface area contributed by atoms with Gasteiger partial charge in [0.05, 0.1) is 5.39 Å². The first-order chi connectivity index (χ1) is 8.24. The van der Waals surface area contributed by atoms with E-state index in [-0.39, 0.29) is 5.91 Å². The molecule has 1 aromatic carbocycles. The molecule has 5 heteroatoms. The second-order valence-electron chi connectivity index (χ2n) is 4.33. The van der Waals surface area contributed by atoms with Crippen LogP contribution in [0.4, 0.5) is 0 Å². The van der Waals surface area contributed by atoms with E-state index >= 15 is 0 Å². The van der Waals surface area contributed by atoms with E-state index in [2.05, 4.69) is 26.4 Å². The van der Waals surface area contributed by atoms with Gasteiger partial charge in [-0.2, -0.15) is 0 Å². The lowest BCUT2D eigenvalue weighted by Gasteiger charge is -2.00. The SMILES string of the molecule is O=C(NCC1CC1)c1onc2cc(Br)ccc12. The molecule has 1 fully saturated rings. The minimum atomic E-state index is -0.179. The summed E-state index contributed by atoms with van der Waals surface area (Å²) in [5.74, 6) is 0.775. The van der Waals surface area contributed by atoms with Crippen LogP contribution in [0.2, 0.25) is 0 Å². The zero-order chi connectivity index (χ0) is 11.8. The molecule has 0 spiro atoms. The minimum Gasteiger partial charge on any atom is -0.350 e. The van der Waals surface area contributed by atoms with Crippen LogP contribution in [0.15, 0.2) is 27.2 Å². The molecule has 0 atom stereocenters. The largest absolute Gasteiger partial charge is 0.350 e. The Labute approximate surface area is 106 Å². The van der Waals surface area contributed by atoms with Crippen molar-refractivity contribution < 1.29 is 9.32 Å². The van der Waals surface area contributed by atoms with Crippen molar-refractivity contribution in [3.8, 4) is 0 Å². The van der Waals surface area contributed by atoms with Crippen LogP contribution in [0.25, 0.3) is 10.9 Å². The van der Waals surface area contributed by atoms with Gasteiger partial charge in [-0.3, -0.25) is 4.79 Å². The Morgan fingerprint density at radius 3 is 3.12 bits per heavy atom. The molecule has 88 valence electrons. The summed E-state index contributed by atoms with van der Waals surface area (Å²) >= 11 is 3.35. The minimum absolute atomic E-state index is 0.179. The molecule has 0 aliphatic heterocycles. The van der Waals surface area contributed by atoms with Gasteiger partial charge in [-0.1, -0.05) is 21.1 Å². The van der Waals surface area contributed by atoms with Crippen LogP contribution in [0.3, 0.4) is 0 Å². The number of carbonyl (C=O) groups is 1. The molecule has 1 heterocycles. The van der Waals surface area contributed by atoms with E-state index in [0.717, 1.165) is 16.4 Å². The smallest absolute Gasteiger partial charge is 0.290 e. The highest BCUT2D eigenvalue weighted by molar-refractivity contribution is 9.10. The zero-order valence-corrected chi connectivity index (χ0v) is 10.7. The lowest BCUT2D eigenvalue weighted by Crippen LogP contribution is -2.25. The highest BCUT2D eigenvalue weighted by atomic mass is 79.9. The summed E-state index contributed by atoms with van der Waals surface area (Å²) in [6.45, 7) is 0.734. The Bertz CT molecular complexity index is 575. The predicted octanol–water partition coefficient (Wildman–Crippen LogP) is 2.73. The molecule has 1 aromatic heterocycles. The molecule has 2 aromatic rings. The van der Waals surface area contributed by atoms with Gasteiger partial charge in [-0.25, -0.2) is 0 Å². The molecule has 1 N–H and O–H groups in total. The van der Waals surface area contributed by atoms with Crippen LogP contribution in [-0.2, 0) is 0 Å². The highest BCUT2D eigenvalue weighted by Gasteiger charge is 2.23. The van der Waals surface area contributed by atoms with E-state index in [1.54, 1.807) is 0 Å². The predicted molar refractivity (Wildman–Crippen MR) is 66.8 cm³/mol. The quantitative estimate of drug-likeness (QED) is 0.947. The molecule has 3 rings (SSSR count). The molecule has 0 unspecified atom stereocenters. The number of nitrogens with zero attached hydrogens (tertiary/aromatic N) is 1. The van der Waals surface area contributed by atoms with Gasteiger partial charge < -0.3 is 9.84 Å². The number of aromatic nitrogens is 1. The molecule has 1 saturated carbocycles. The van der Waals surface area contributed by atoms with Gasteiger partial charge in [-0.15, -0.1) is 0 Å². The number of benzene rings is 1. The van der Waals surface area contributed by atoms with Crippen molar-refractivity contribution in [2.45, 2.75) is 12.8 Å². The van der Waals surface area contributed by atoms with Crippen LogP contribution in [0, 0.1) is 5.92 Å². The van der Waals surface area contributed by atoms with Gasteiger partial charge >= 0.3 is 0 Å². The third kappa shape index (κ3) is 2.20. The molecule has 0 radical (unpaired) electrons. The molecule has 17 heavy (non-hydrogen) atoms. The van der Waals surface area contributed by atoms with Gasteiger partial charge in [0.1, 0.15) is 5.52 Å². The first-order valence-electron chi connectivity index (χ1n) is 5.57. The number of carbonyl (C=O) groups excluding carboxylic acids is 1. The van der Waals surface area contributed by atoms with Crippen LogP contribution in [0.1, 0.15) is 23.4 Å². The van der Waals surface area contributed by atoms with Crippen LogP contribution in [0.5, 0.6) is 0 Å². The van der Waals surface area contributed by atoms with Crippen LogP contribution < -0.4 is 5.32 Å². The summed E-state index contributed by atoms with van der Waals surface area (Å²) in [6.07, 6.45) is 2.43. The fraction of sp³-hybridized carbons (Fsp3) is 0.333. The maximum absolute atomic E-state index is 11.9.